The minimum Gasteiger partial charge on any atom is -0.493 e. The molecule has 0 aliphatic carbocycles. The van der Waals surface area contributed by atoms with Crippen LogP contribution >= 0.6 is 11.3 Å². The zero-order valence-corrected chi connectivity index (χ0v) is 26.6. The molecule has 0 spiro atoms. The Bertz CT molecular complexity index is 1920. The second-order valence-corrected chi connectivity index (χ2v) is 11.9. The van der Waals surface area contributed by atoms with Crippen molar-refractivity contribution in [3.05, 3.63) is 120 Å². The van der Waals surface area contributed by atoms with Crippen molar-refractivity contribution in [2.24, 2.45) is 10.9 Å². The lowest BCUT2D eigenvalue weighted by Crippen LogP contribution is -2.40. The van der Waals surface area contributed by atoms with E-state index in [1.807, 2.05) is 68.4 Å². The van der Waals surface area contributed by atoms with Gasteiger partial charge in [0.15, 0.2) is 16.3 Å². The van der Waals surface area contributed by atoms with Gasteiger partial charge in [-0.25, -0.2) is 9.79 Å². The maximum atomic E-state index is 14.0. The second kappa shape index (κ2) is 13.8. The molecule has 0 bridgehead atoms. The van der Waals surface area contributed by atoms with Gasteiger partial charge in [0.2, 0.25) is 0 Å². The summed E-state index contributed by atoms with van der Waals surface area (Å²) in [7, 11) is 1.45. The number of hydrogen-bond acceptors (Lipinski definition) is 9. The van der Waals surface area contributed by atoms with Crippen molar-refractivity contribution in [1.29, 1.82) is 0 Å². The molecule has 232 valence electrons. The molecule has 45 heavy (non-hydrogen) atoms. The topological polar surface area (TPSA) is 105 Å². The lowest BCUT2D eigenvalue weighted by molar-refractivity contribution is -0.140. The first-order valence-corrected chi connectivity index (χ1v) is 15.3. The highest BCUT2D eigenvalue weighted by Gasteiger charge is 2.34. The number of nitrogens with zero attached hydrogens (tertiary/aromatic N) is 2. The van der Waals surface area contributed by atoms with Crippen molar-refractivity contribution in [2.45, 2.75) is 40.3 Å². The SMILES string of the molecule is COc1cc([C@@H]2C(C(=O)OCC(C)C)=C(C)N=c3s/c(=C\c4ccc(OCc5ccccc5)cc4)c(=O)n32)ccc1OC(C)=O. The van der Waals surface area contributed by atoms with Crippen molar-refractivity contribution in [1.82, 2.24) is 4.57 Å². The summed E-state index contributed by atoms with van der Waals surface area (Å²) in [6.07, 6.45) is 1.79. The highest BCUT2D eigenvalue weighted by molar-refractivity contribution is 7.07. The fourth-order valence-corrected chi connectivity index (χ4v) is 5.91. The van der Waals surface area contributed by atoms with E-state index < -0.39 is 18.0 Å². The molecule has 0 fully saturated rings. The van der Waals surface area contributed by atoms with Gasteiger partial charge in [-0.3, -0.25) is 14.2 Å². The molecule has 0 N–H and O–H groups in total. The van der Waals surface area contributed by atoms with Crippen molar-refractivity contribution >= 4 is 29.4 Å². The number of thiazole rings is 1. The van der Waals surface area contributed by atoms with E-state index in [0.29, 0.717) is 33.0 Å². The van der Waals surface area contributed by atoms with E-state index in [2.05, 4.69) is 4.99 Å². The summed E-state index contributed by atoms with van der Waals surface area (Å²) in [5, 5.41) is 0. The summed E-state index contributed by atoms with van der Waals surface area (Å²) in [5.41, 5.74) is 2.84. The van der Waals surface area contributed by atoms with Gasteiger partial charge in [0, 0.05) is 6.92 Å². The minimum atomic E-state index is -0.850. The summed E-state index contributed by atoms with van der Waals surface area (Å²) in [5.74, 6) is 0.277. The second-order valence-electron chi connectivity index (χ2n) is 10.9. The highest BCUT2D eigenvalue weighted by Crippen LogP contribution is 2.36. The molecule has 0 saturated carbocycles. The summed E-state index contributed by atoms with van der Waals surface area (Å²) in [6.45, 7) is 7.59. The van der Waals surface area contributed by atoms with E-state index in [1.54, 1.807) is 31.2 Å². The third-order valence-electron chi connectivity index (χ3n) is 6.97. The van der Waals surface area contributed by atoms with E-state index in [9.17, 15) is 14.4 Å². The normalized spacial score (nSPS) is 14.5. The highest BCUT2D eigenvalue weighted by atomic mass is 32.1. The Morgan fingerprint density at radius 2 is 1.76 bits per heavy atom. The largest absolute Gasteiger partial charge is 0.493 e. The Morgan fingerprint density at radius 3 is 2.42 bits per heavy atom. The first-order chi connectivity index (χ1) is 21.6. The molecule has 2 heterocycles. The van der Waals surface area contributed by atoms with Crippen LogP contribution in [0, 0.1) is 5.92 Å². The van der Waals surface area contributed by atoms with Gasteiger partial charge in [-0.15, -0.1) is 0 Å². The summed E-state index contributed by atoms with van der Waals surface area (Å²) in [4.78, 5) is 44.2. The Labute approximate surface area is 264 Å². The molecule has 10 heteroatoms. The minimum absolute atomic E-state index is 0.118. The maximum Gasteiger partial charge on any atom is 0.338 e. The molecule has 1 atom stereocenters. The van der Waals surface area contributed by atoms with Crippen LogP contribution in [0.3, 0.4) is 0 Å². The average molecular weight is 627 g/mol. The molecule has 0 saturated heterocycles. The monoisotopic (exact) mass is 626 g/mol. The van der Waals surface area contributed by atoms with Crippen LogP contribution in [-0.2, 0) is 20.9 Å². The lowest BCUT2D eigenvalue weighted by Gasteiger charge is -2.25. The Kier molecular flexibility index (Phi) is 9.63. The van der Waals surface area contributed by atoms with E-state index >= 15 is 0 Å². The first kappa shape index (κ1) is 31.5. The molecule has 1 aliphatic heterocycles. The van der Waals surface area contributed by atoms with Gasteiger partial charge in [0.05, 0.1) is 35.6 Å². The third kappa shape index (κ3) is 7.24. The van der Waals surface area contributed by atoms with Gasteiger partial charge in [0.1, 0.15) is 12.4 Å². The predicted molar refractivity (Wildman–Crippen MR) is 171 cm³/mol. The number of methoxy groups -OCH3 is 1. The van der Waals surface area contributed by atoms with E-state index in [-0.39, 0.29) is 35.2 Å². The summed E-state index contributed by atoms with van der Waals surface area (Å²) >= 11 is 1.23. The van der Waals surface area contributed by atoms with E-state index in [1.165, 1.54) is 29.9 Å². The Hall–Kier alpha value is -4.96. The number of hydrogen-bond donors (Lipinski definition) is 0. The van der Waals surface area contributed by atoms with Crippen molar-refractivity contribution in [2.75, 3.05) is 13.7 Å². The van der Waals surface area contributed by atoms with Gasteiger partial charge in [-0.2, -0.15) is 0 Å². The van der Waals surface area contributed by atoms with Crippen LogP contribution in [0.5, 0.6) is 17.2 Å². The van der Waals surface area contributed by atoms with E-state index in [0.717, 1.165) is 11.1 Å². The zero-order chi connectivity index (χ0) is 32.1. The Balaban J connectivity index is 1.54. The van der Waals surface area contributed by atoms with Gasteiger partial charge >= 0.3 is 11.9 Å². The third-order valence-corrected chi connectivity index (χ3v) is 7.96. The standard InChI is InChI=1S/C35H34N2O7S/c1-21(2)19-43-34(40)31-22(3)36-35-37(32(31)26-13-16-28(44-23(4)38)29(18-26)41-5)33(39)30(45-35)17-24-11-14-27(15-12-24)42-20-25-9-7-6-8-10-25/h6-18,21,32H,19-20H2,1-5H3/b30-17-/t32-/m1/s1. The smallest absolute Gasteiger partial charge is 0.338 e. The molecule has 4 aromatic rings. The fraction of sp³-hybridized carbons (Fsp3) is 0.257. The van der Waals surface area contributed by atoms with Crippen molar-refractivity contribution in [3.8, 4) is 17.2 Å². The lowest BCUT2D eigenvalue weighted by atomic mass is 9.95. The molecular formula is C35H34N2O7S. The molecule has 3 aromatic carbocycles. The number of fused-ring (bicyclic) bond motifs is 1. The van der Waals surface area contributed by atoms with Crippen LogP contribution in [0.4, 0.5) is 0 Å². The summed E-state index contributed by atoms with van der Waals surface area (Å²) < 4.78 is 24.3. The number of benzene rings is 3. The number of ether oxygens (including phenoxy) is 4. The van der Waals surface area contributed by atoms with Crippen LogP contribution in [-0.4, -0.2) is 30.2 Å². The predicted octanol–water partition coefficient (Wildman–Crippen LogP) is 4.95. The number of aromatic nitrogens is 1. The van der Waals surface area contributed by atoms with Gasteiger partial charge < -0.3 is 18.9 Å². The molecule has 1 aromatic heterocycles. The number of carbonyl (C=O) groups is 2. The van der Waals surface area contributed by atoms with Crippen LogP contribution in [0.15, 0.2) is 93.9 Å². The van der Waals surface area contributed by atoms with Crippen molar-refractivity contribution < 1.29 is 28.5 Å². The van der Waals surface area contributed by atoms with Crippen LogP contribution < -0.4 is 29.1 Å². The van der Waals surface area contributed by atoms with E-state index in [4.69, 9.17) is 18.9 Å². The zero-order valence-electron chi connectivity index (χ0n) is 25.7. The number of allylic oxidation sites excluding steroid dienone is 1. The quantitative estimate of drug-likeness (QED) is 0.181. The molecule has 9 nitrogen and oxygen atoms in total. The molecule has 1 aliphatic rings. The number of rotatable bonds is 10. The number of esters is 2. The Morgan fingerprint density at radius 1 is 1.02 bits per heavy atom. The van der Waals surface area contributed by atoms with Crippen LogP contribution in [0.25, 0.3) is 6.08 Å². The molecule has 5 rings (SSSR count). The van der Waals surface area contributed by atoms with Gasteiger partial charge in [-0.1, -0.05) is 73.7 Å². The molecule has 0 amide bonds. The van der Waals surface area contributed by atoms with Crippen LogP contribution in [0.1, 0.15) is 50.4 Å². The maximum absolute atomic E-state index is 14.0. The average Bonchev–Trinajstić information content (AvgIpc) is 3.33. The van der Waals surface area contributed by atoms with Crippen LogP contribution in [0.2, 0.25) is 0 Å². The van der Waals surface area contributed by atoms with Gasteiger partial charge in [0.25, 0.3) is 5.56 Å². The van der Waals surface area contributed by atoms with Gasteiger partial charge in [-0.05, 0) is 59.9 Å². The molecule has 0 unspecified atom stereocenters. The summed E-state index contributed by atoms with van der Waals surface area (Å²) in [6, 6.07) is 21.5. The fourth-order valence-electron chi connectivity index (χ4n) is 4.86. The van der Waals surface area contributed by atoms with Crippen molar-refractivity contribution in [3.63, 3.8) is 0 Å². The molecule has 0 radical (unpaired) electrons. The number of carbonyl (C=O) groups excluding carboxylic acids is 2. The molecular weight excluding hydrogens is 592 g/mol. The first-order valence-electron chi connectivity index (χ1n) is 14.5.